The van der Waals surface area contributed by atoms with Crippen molar-refractivity contribution in [3.63, 3.8) is 0 Å². The average Bonchev–Trinajstić information content (AvgIpc) is 3.57. The van der Waals surface area contributed by atoms with E-state index >= 15 is 0 Å². The van der Waals surface area contributed by atoms with Gasteiger partial charge in [-0.15, -0.1) is 0 Å². The Labute approximate surface area is 173 Å². The Morgan fingerprint density at radius 1 is 1.03 bits per heavy atom. The number of nitrogens with one attached hydrogen (secondary N) is 1. The van der Waals surface area contributed by atoms with E-state index in [2.05, 4.69) is 10.2 Å². The van der Waals surface area contributed by atoms with E-state index in [4.69, 9.17) is 9.47 Å². The van der Waals surface area contributed by atoms with Gasteiger partial charge in [-0.3, -0.25) is 0 Å². The summed E-state index contributed by atoms with van der Waals surface area (Å²) in [4.78, 5) is 17.1. The van der Waals surface area contributed by atoms with Crippen LogP contribution in [0.2, 0.25) is 0 Å². The zero-order valence-corrected chi connectivity index (χ0v) is 17.7. The lowest BCUT2D eigenvalue weighted by molar-refractivity contribution is 0.185. The second-order valence-corrected chi connectivity index (χ2v) is 7.58. The minimum absolute atomic E-state index is 0.0161. The molecule has 156 valence electrons. The number of nitrogens with zero attached hydrogens (tertiary/aromatic N) is 2. The van der Waals surface area contributed by atoms with Gasteiger partial charge in [0.2, 0.25) is 0 Å². The van der Waals surface area contributed by atoms with Gasteiger partial charge in [-0.1, -0.05) is 36.4 Å². The standard InChI is InChI=1S/C23H31N3O3/c1-25(2)20(19-10-6-8-12-22(19)29-4)15-24-23(27)26(18-13-14-18)16-17-9-5-7-11-21(17)28-3/h5-12,18,20H,13-16H2,1-4H3,(H,24,27). The minimum atomic E-state index is -0.0415. The highest BCUT2D eigenvalue weighted by Gasteiger charge is 2.33. The van der Waals surface area contributed by atoms with Crippen LogP contribution in [0.25, 0.3) is 0 Å². The number of urea groups is 1. The second kappa shape index (κ2) is 9.65. The van der Waals surface area contributed by atoms with Crippen LogP contribution in [0, 0.1) is 0 Å². The molecule has 29 heavy (non-hydrogen) atoms. The number of carbonyl (C=O) groups excluding carboxylic acids is 1. The van der Waals surface area contributed by atoms with Crippen LogP contribution >= 0.6 is 0 Å². The van der Waals surface area contributed by atoms with Crippen molar-refractivity contribution >= 4 is 6.03 Å². The Balaban J connectivity index is 1.71. The predicted octanol–water partition coefficient (Wildman–Crippen LogP) is 3.68. The molecular weight excluding hydrogens is 366 g/mol. The summed E-state index contributed by atoms with van der Waals surface area (Å²) < 4.78 is 11.0. The molecule has 1 N–H and O–H groups in total. The predicted molar refractivity (Wildman–Crippen MR) is 114 cm³/mol. The van der Waals surface area contributed by atoms with Crippen LogP contribution in [0.4, 0.5) is 4.79 Å². The number of hydrogen-bond acceptors (Lipinski definition) is 4. The maximum Gasteiger partial charge on any atom is 0.318 e. The molecule has 6 heteroatoms. The first-order valence-electron chi connectivity index (χ1n) is 10.0. The summed E-state index contributed by atoms with van der Waals surface area (Å²) in [5.74, 6) is 1.64. The molecule has 0 radical (unpaired) electrons. The van der Waals surface area contributed by atoms with E-state index in [0.717, 1.165) is 35.5 Å². The van der Waals surface area contributed by atoms with Gasteiger partial charge < -0.3 is 24.6 Å². The normalized spacial score (nSPS) is 14.4. The molecule has 0 saturated heterocycles. The third-order valence-corrected chi connectivity index (χ3v) is 5.35. The summed E-state index contributed by atoms with van der Waals surface area (Å²) in [5, 5.41) is 3.14. The molecule has 0 bridgehead atoms. The highest BCUT2D eigenvalue weighted by Crippen LogP contribution is 2.31. The first-order valence-corrected chi connectivity index (χ1v) is 10.0. The van der Waals surface area contributed by atoms with Crippen LogP contribution in [-0.2, 0) is 6.54 Å². The highest BCUT2D eigenvalue weighted by atomic mass is 16.5. The van der Waals surface area contributed by atoms with Crippen molar-refractivity contribution in [2.24, 2.45) is 0 Å². The maximum atomic E-state index is 13.1. The van der Waals surface area contributed by atoms with E-state index in [1.165, 1.54) is 0 Å². The molecule has 0 heterocycles. The molecule has 2 aromatic rings. The number of para-hydroxylation sites is 2. The first-order chi connectivity index (χ1) is 14.0. The average molecular weight is 398 g/mol. The fourth-order valence-corrected chi connectivity index (χ4v) is 3.57. The zero-order chi connectivity index (χ0) is 20.8. The maximum absolute atomic E-state index is 13.1. The Bertz CT molecular complexity index is 821. The molecule has 0 aromatic heterocycles. The van der Waals surface area contributed by atoms with Crippen molar-refractivity contribution in [1.29, 1.82) is 0 Å². The molecule has 0 aliphatic heterocycles. The number of benzene rings is 2. The molecule has 1 unspecified atom stereocenters. The third kappa shape index (κ3) is 5.21. The van der Waals surface area contributed by atoms with Gasteiger partial charge in [-0.2, -0.15) is 0 Å². The van der Waals surface area contributed by atoms with Crippen LogP contribution < -0.4 is 14.8 Å². The fourth-order valence-electron chi connectivity index (χ4n) is 3.57. The molecule has 2 amide bonds. The molecule has 1 saturated carbocycles. The van der Waals surface area contributed by atoms with Gasteiger partial charge in [0.25, 0.3) is 0 Å². The highest BCUT2D eigenvalue weighted by molar-refractivity contribution is 5.75. The van der Waals surface area contributed by atoms with E-state index in [-0.39, 0.29) is 12.1 Å². The summed E-state index contributed by atoms with van der Waals surface area (Å²) in [7, 11) is 7.36. The number of methoxy groups -OCH3 is 2. The third-order valence-electron chi connectivity index (χ3n) is 5.35. The topological polar surface area (TPSA) is 54.0 Å². The molecule has 2 aromatic carbocycles. The first kappa shape index (κ1) is 21.0. The lowest BCUT2D eigenvalue weighted by Crippen LogP contribution is -2.44. The molecule has 0 spiro atoms. The number of rotatable bonds is 9. The largest absolute Gasteiger partial charge is 0.496 e. The van der Waals surface area contributed by atoms with Gasteiger partial charge in [0, 0.05) is 23.7 Å². The van der Waals surface area contributed by atoms with E-state index in [1.54, 1.807) is 14.2 Å². The summed E-state index contributed by atoms with van der Waals surface area (Å²) in [5.41, 5.74) is 2.08. The summed E-state index contributed by atoms with van der Waals surface area (Å²) in [6.45, 7) is 1.04. The Morgan fingerprint density at radius 2 is 1.66 bits per heavy atom. The van der Waals surface area contributed by atoms with Crippen molar-refractivity contribution in [3.8, 4) is 11.5 Å². The molecule has 1 atom stereocenters. The smallest absolute Gasteiger partial charge is 0.318 e. The Kier molecular flexibility index (Phi) is 6.99. The van der Waals surface area contributed by atoms with Crippen LogP contribution in [0.15, 0.2) is 48.5 Å². The SMILES string of the molecule is COc1ccccc1CN(C(=O)NCC(c1ccccc1OC)N(C)C)C1CC1. The van der Waals surface area contributed by atoms with Crippen LogP contribution in [0.3, 0.4) is 0 Å². The van der Waals surface area contributed by atoms with Crippen LogP contribution in [0.1, 0.15) is 30.0 Å². The van der Waals surface area contributed by atoms with Crippen molar-refractivity contribution in [2.45, 2.75) is 31.5 Å². The van der Waals surface area contributed by atoms with E-state index < -0.39 is 0 Å². The number of likely N-dealkylation sites (N-methyl/N-ethyl adjacent to an activating group) is 1. The molecule has 6 nitrogen and oxygen atoms in total. The van der Waals surface area contributed by atoms with E-state index in [9.17, 15) is 4.79 Å². The Morgan fingerprint density at radius 3 is 2.28 bits per heavy atom. The monoisotopic (exact) mass is 397 g/mol. The number of amides is 2. The molecular formula is C23H31N3O3. The zero-order valence-electron chi connectivity index (χ0n) is 17.7. The lowest BCUT2D eigenvalue weighted by Gasteiger charge is -2.29. The van der Waals surface area contributed by atoms with E-state index in [0.29, 0.717) is 19.1 Å². The van der Waals surface area contributed by atoms with Gasteiger partial charge >= 0.3 is 6.03 Å². The summed E-state index contributed by atoms with van der Waals surface area (Å²) in [6, 6.07) is 16.1. The van der Waals surface area contributed by atoms with Crippen molar-refractivity contribution < 1.29 is 14.3 Å². The van der Waals surface area contributed by atoms with Crippen molar-refractivity contribution in [2.75, 3.05) is 34.9 Å². The van der Waals surface area contributed by atoms with Crippen molar-refractivity contribution in [3.05, 3.63) is 59.7 Å². The van der Waals surface area contributed by atoms with E-state index in [1.807, 2.05) is 67.5 Å². The lowest BCUT2D eigenvalue weighted by atomic mass is 10.0. The van der Waals surface area contributed by atoms with Gasteiger partial charge in [0.1, 0.15) is 11.5 Å². The summed E-state index contributed by atoms with van der Waals surface area (Å²) >= 11 is 0. The van der Waals surface area contributed by atoms with Crippen LogP contribution in [-0.4, -0.2) is 56.7 Å². The van der Waals surface area contributed by atoms with Crippen LogP contribution in [0.5, 0.6) is 11.5 Å². The van der Waals surface area contributed by atoms with Gasteiger partial charge in [0.15, 0.2) is 0 Å². The molecule has 1 fully saturated rings. The van der Waals surface area contributed by atoms with Gasteiger partial charge in [0.05, 0.1) is 26.8 Å². The Hall–Kier alpha value is -2.73. The minimum Gasteiger partial charge on any atom is -0.496 e. The summed E-state index contributed by atoms with van der Waals surface area (Å²) in [6.07, 6.45) is 2.10. The quantitative estimate of drug-likeness (QED) is 0.701. The number of hydrogen-bond donors (Lipinski definition) is 1. The van der Waals surface area contributed by atoms with Crippen molar-refractivity contribution in [1.82, 2.24) is 15.1 Å². The molecule has 1 aliphatic rings. The second-order valence-electron chi connectivity index (χ2n) is 7.58. The fraction of sp³-hybridized carbons (Fsp3) is 0.435. The molecule has 1 aliphatic carbocycles. The van der Waals surface area contributed by atoms with Gasteiger partial charge in [-0.05, 0) is 39.1 Å². The van der Waals surface area contributed by atoms with Gasteiger partial charge in [-0.25, -0.2) is 4.79 Å². The number of ether oxygens (including phenoxy) is 2. The molecule has 3 rings (SSSR count). The number of carbonyl (C=O) groups is 1.